The first-order valence-electron chi connectivity index (χ1n) is 8.23. The number of halogens is 3. The van der Waals surface area contributed by atoms with Crippen LogP contribution < -0.4 is 10.6 Å². The van der Waals surface area contributed by atoms with Crippen LogP contribution in [-0.4, -0.2) is 22.0 Å². The third kappa shape index (κ3) is 5.11. The highest BCUT2D eigenvalue weighted by Crippen LogP contribution is 2.32. The molecule has 1 amide bonds. The molecule has 0 spiro atoms. The van der Waals surface area contributed by atoms with Gasteiger partial charge < -0.3 is 10.4 Å². The lowest BCUT2D eigenvalue weighted by Gasteiger charge is -2.14. The molecule has 0 saturated heterocycles. The molecular formula is C19H14F3N3O3S. The van der Waals surface area contributed by atoms with E-state index in [0.717, 1.165) is 23.6 Å². The Bertz CT molecular complexity index is 1030. The van der Waals surface area contributed by atoms with Gasteiger partial charge in [0.25, 0.3) is 5.91 Å². The average molecular weight is 421 g/mol. The highest BCUT2D eigenvalue weighted by molar-refractivity contribution is 7.17. The van der Waals surface area contributed by atoms with Gasteiger partial charge in [0.05, 0.1) is 11.8 Å². The highest BCUT2D eigenvalue weighted by atomic mass is 32.1. The van der Waals surface area contributed by atoms with Gasteiger partial charge >= 0.3 is 12.1 Å². The molecule has 0 atom stereocenters. The summed E-state index contributed by atoms with van der Waals surface area (Å²) >= 11 is 0.829. The van der Waals surface area contributed by atoms with E-state index in [2.05, 4.69) is 15.6 Å². The van der Waals surface area contributed by atoms with Gasteiger partial charge in [-0.25, -0.2) is 9.78 Å². The number of amides is 1. The SMILES string of the molecule is O=C(Nc1ncc(C(=O)O)s1)c1ccc(NCc2ccccc2C(F)(F)F)cc1. The number of thiazole rings is 1. The summed E-state index contributed by atoms with van der Waals surface area (Å²) < 4.78 is 39.1. The molecule has 0 aliphatic rings. The number of anilines is 2. The summed E-state index contributed by atoms with van der Waals surface area (Å²) in [6.07, 6.45) is -3.29. The van der Waals surface area contributed by atoms with Gasteiger partial charge in [-0.15, -0.1) is 0 Å². The number of carbonyl (C=O) groups is 2. The number of rotatable bonds is 6. The van der Waals surface area contributed by atoms with Crippen molar-refractivity contribution in [1.82, 2.24) is 4.98 Å². The van der Waals surface area contributed by atoms with Crippen molar-refractivity contribution >= 4 is 34.0 Å². The lowest BCUT2D eigenvalue weighted by Crippen LogP contribution is -2.12. The fourth-order valence-corrected chi connectivity index (χ4v) is 3.14. The van der Waals surface area contributed by atoms with Gasteiger partial charge in [0, 0.05) is 17.8 Å². The zero-order chi connectivity index (χ0) is 21.0. The molecule has 0 aliphatic heterocycles. The van der Waals surface area contributed by atoms with Crippen LogP contribution in [0.25, 0.3) is 0 Å². The van der Waals surface area contributed by atoms with Gasteiger partial charge in [0.1, 0.15) is 4.88 Å². The number of alkyl halides is 3. The first-order valence-corrected chi connectivity index (χ1v) is 9.05. The minimum absolute atomic E-state index is 0.000939. The van der Waals surface area contributed by atoms with E-state index >= 15 is 0 Å². The lowest BCUT2D eigenvalue weighted by molar-refractivity contribution is -0.138. The second kappa shape index (κ2) is 8.31. The van der Waals surface area contributed by atoms with E-state index in [9.17, 15) is 22.8 Å². The standard InChI is InChI=1S/C19H14F3N3O3S/c20-19(21,22)14-4-2-1-3-12(14)9-23-13-7-5-11(6-8-13)16(26)25-18-24-10-15(29-18)17(27)28/h1-8,10,23H,9H2,(H,27,28)(H,24,25,26). The summed E-state index contributed by atoms with van der Waals surface area (Å²) in [4.78, 5) is 26.8. The van der Waals surface area contributed by atoms with Gasteiger partial charge in [-0.05, 0) is 35.9 Å². The van der Waals surface area contributed by atoms with Crippen LogP contribution in [0.2, 0.25) is 0 Å². The number of aromatic nitrogens is 1. The molecule has 3 N–H and O–H groups in total. The molecule has 10 heteroatoms. The topological polar surface area (TPSA) is 91.3 Å². The number of benzene rings is 2. The van der Waals surface area contributed by atoms with Crippen LogP contribution in [0.4, 0.5) is 24.0 Å². The number of nitrogens with zero attached hydrogens (tertiary/aromatic N) is 1. The van der Waals surface area contributed by atoms with Crippen molar-refractivity contribution in [2.24, 2.45) is 0 Å². The summed E-state index contributed by atoms with van der Waals surface area (Å²) in [5.41, 5.74) is 0.242. The third-order valence-corrected chi connectivity index (χ3v) is 4.79. The van der Waals surface area contributed by atoms with E-state index in [1.165, 1.54) is 30.3 Å². The van der Waals surface area contributed by atoms with Gasteiger partial charge in [-0.3, -0.25) is 10.1 Å². The van der Waals surface area contributed by atoms with Crippen molar-refractivity contribution in [2.45, 2.75) is 12.7 Å². The predicted molar refractivity (Wildman–Crippen MR) is 102 cm³/mol. The Morgan fingerprint density at radius 2 is 1.76 bits per heavy atom. The van der Waals surface area contributed by atoms with Crippen LogP contribution in [0.5, 0.6) is 0 Å². The van der Waals surface area contributed by atoms with Gasteiger partial charge in [0.15, 0.2) is 5.13 Å². The van der Waals surface area contributed by atoms with E-state index in [4.69, 9.17) is 5.11 Å². The second-order valence-corrected chi connectivity index (χ2v) is 6.91. The highest BCUT2D eigenvalue weighted by Gasteiger charge is 2.32. The summed E-state index contributed by atoms with van der Waals surface area (Å²) in [7, 11) is 0. The Labute approximate surface area is 167 Å². The molecule has 1 aromatic heterocycles. The zero-order valence-corrected chi connectivity index (χ0v) is 15.5. The van der Waals surface area contributed by atoms with E-state index in [1.54, 1.807) is 12.1 Å². The molecule has 3 aromatic rings. The molecule has 0 radical (unpaired) electrons. The normalized spacial score (nSPS) is 11.1. The van der Waals surface area contributed by atoms with Crippen molar-refractivity contribution in [1.29, 1.82) is 0 Å². The number of hydrogen-bond acceptors (Lipinski definition) is 5. The second-order valence-electron chi connectivity index (χ2n) is 5.87. The minimum Gasteiger partial charge on any atom is -0.477 e. The van der Waals surface area contributed by atoms with E-state index in [-0.39, 0.29) is 22.1 Å². The number of carboxylic acids is 1. The van der Waals surface area contributed by atoms with Gasteiger partial charge in [-0.1, -0.05) is 29.5 Å². The van der Waals surface area contributed by atoms with Crippen molar-refractivity contribution in [3.8, 4) is 0 Å². The van der Waals surface area contributed by atoms with Crippen LogP contribution in [0.15, 0.2) is 54.7 Å². The number of carboxylic acid groups (broad SMARTS) is 1. The van der Waals surface area contributed by atoms with E-state index in [0.29, 0.717) is 11.3 Å². The monoisotopic (exact) mass is 421 g/mol. The van der Waals surface area contributed by atoms with Crippen LogP contribution in [0.1, 0.15) is 31.2 Å². The minimum atomic E-state index is -4.43. The summed E-state index contributed by atoms with van der Waals surface area (Å²) in [6, 6.07) is 11.4. The molecule has 0 aliphatic carbocycles. The molecule has 150 valence electrons. The summed E-state index contributed by atoms with van der Waals surface area (Å²) in [6.45, 7) is -0.0295. The Morgan fingerprint density at radius 1 is 1.07 bits per heavy atom. The molecular weight excluding hydrogens is 407 g/mol. The van der Waals surface area contributed by atoms with E-state index < -0.39 is 23.6 Å². The molecule has 0 fully saturated rings. The van der Waals surface area contributed by atoms with E-state index in [1.807, 2.05) is 0 Å². The quantitative estimate of drug-likeness (QED) is 0.536. The van der Waals surface area contributed by atoms with Crippen LogP contribution in [0, 0.1) is 0 Å². The molecule has 2 aromatic carbocycles. The lowest BCUT2D eigenvalue weighted by atomic mass is 10.1. The largest absolute Gasteiger partial charge is 0.477 e. The van der Waals surface area contributed by atoms with Crippen molar-refractivity contribution in [3.63, 3.8) is 0 Å². The smallest absolute Gasteiger partial charge is 0.416 e. The molecule has 0 unspecified atom stereocenters. The third-order valence-electron chi connectivity index (χ3n) is 3.89. The first kappa shape index (κ1) is 20.3. The number of carbonyl (C=O) groups excluding carboxylic acids is 1. The number of aromatic carboxylic acids is 1. The average Bonchev–Trinajstić information content (AvgIpc) is 3.15. The summed E-state index contributed by atoms with van der Waals surface area (Å²) in [5, 5.41) is 14.4. The molecule has 3 rings (SSSR count). The predicted octanol–water partition coefficient (Wildman–Crippen LogP) is 4.72. The first-order chi connectivity index (χ1) is 13.7. The zero-order valence-electron chi connectivity index (χ0n) is 14.7. The Morgan fingerprint density at radius 3 is 2.38 bits per heavy atom. The maximum atomic E-state index is 13.0. The Kier molecular flexibility index (Phi) is 5.83. The fraction of sp³-hybridized carbons (Fsp3) is 0.105. The van der Waals surface area contributed by atoms with Gasteiger partial charge in [0.2, 0.25) is 0 Å². The number of nitrogens with one attached hydrogen (secondary N) is 2. The van der Waals surface area contributed by atoms with Crippen molar-refractivity contribution < 1.29 is 27.9 Å². The molecule has 0 bridgehead atoms. The maximum Gasteiger partial charge on any atom is 0.416 e. The number of hydrogen-bond donors (Lipinski definition) is 3. The fourth-order valence-electron chi connectivity index (χ4n) is 2.49. The molecule has 29 heavy (non-hydrogen) atoms. The van der Waals surface area contributed by atoms with Crippen molar-refractivity contribution in [3.05, 3.63) is 76.3 Å². The van der Waals surface area contributed by atoms with Crippen LogP contribution >= 0.6 is 11.3 Å². The van der Waals surface area contributed by atoms with Crippen molar-refractivity contribution in [2.75, 3.05) is 10.6 Å². The van der Waals surface area contributed by atoms with Gasteiger partial charge in [-0.2, -0.15) is 13.2 Å². The Hall–Kier alpha value is -3.40. The van der Waals surface area contributed by atoms with Crippen LogP contribution in [-0.2, 0) is 12.7 Å². The summed E-state index contributed by atoms with van der Waals surface area (Å²) in [5.74, 6) is -1.62. The molecule has 0 saturated carbocycles. The molecule has 6 nitrogen and oxygen atoms in total. The molecule has 1 heterocycles. The van der Waals surface area contributed by atoms with Crippen LogP contribution in [0.3, 0.4) is 0 Å². The Balaban J connectivity index is 1.63. The maximum absolute atomic E-state index is 13.0.